The van der Waals surface area contributed by atoms with Gasteiger partial charge in [0.25, 0.3) is 0 Å². The Morgan fingerprint density at radius 3 is 2.14 bits per heavy atom. The predicted molar refractivity (Wildman–Crippen MR) is 81.9 cm³/mol. The topological polar surface area (TPSA) is 35.5 Å². The fourth-order valence-electron chi connectivity index (χ4n) is 1.74. The third-order valence-electron chi connectivity index (χ3n) is 3.02. The number of benzene rings is 2. The number of carbonyl (C=O) groups excluding carboxylic acids is 1. The maximum atomic E-state index is 11.4. The molecule has 0 radical (unpaired) electrons. The monoisotopic (exact) mass is 284 g/mol. The van der Waals surface area contributed by atoms with Crippen molar-refractivity contribution in [3.05, 3.63) is 65.7 Å². The summed E-state index contributed by atoms with van der Waals surface area (Å²) in [7, 11) is 0. The van der Waals surface area contributed by atoms with E-state index in [2.05, 4.69) is 0 Å². The van der Waals surface area contributed by atoms with Crippen LogP contribution in [0.3, 0.4) is 0 Å². The number of ether oxygens (including phenoxy) is 2. The average molecular weight is 284 g/mol. The van der Waals surface area contributed by atoms with Crippen LogP contribution in [0, 0.1) is 5.92 Å². The Morgan fingerprint density at radius 1 is 0.905 bits per heavy atom. The first-order valence-electron chi connectivity index (χ1n) is 7.07. The zero-order chi connectivity index (χ0) is 15.1. The molecule has 110 valence electrons. The minimum atomic E-state index is -0.181. The van der Waals surface area contributed by atoms with Crippen LogP contribution < -0.4 is 4.74 Å². The fourth-order valence-corrected chi connectivity index (χ4v) is 1.74. The highest BCUT2D eigenvalue weighted by Gasteiger charge is 2.08. The molecule has 3 heteroatoms. The zero-order valence-electron chi connectivity index (χ0n) is 12.4. The van der Waals surface area contributed by atoms with Crippen LogP contribution in [0.2, 0.25) is 0 Å². The van der Waals surface area contributed by atoms with E-state index in [9.17, 15) is 4.79 Å². The second-order valence-electron chi connectivity index (χ2n) is 5.18. The molecule has 0 aliphatic carbocycles. The molecule has 0 fully saturated rings. The van der Waals surface area contributed by atoms with E-state index in [1.165, 1.54) is 0 Å². The molecule has 0 aliphatic rings. The molecule has 2 rings (SSSR count). The molecule has 0 saturated carbocycles. The first-order chi connectivity index (χ1) is 10.1. The molecule has 0 aromatic heterocycles. The molecule has 21 heavy (non-hydrogen) atoms. The van der Waals surface area contributed by atoms with E-state index >= 15 is 0 Å². The average Bonchev–Trinajstić information content (AvgIpc) is 2.52. The molecule has 0 unspecified atom stereocenters. The van der Waals surface area contributed by atoms with Crippen molar-refractivity contribution in [2.75, 3.05) is 0 Å². The Labute approximate surface area is 125 Å². The third kappa shape index (κ3) is 4.95. The maximum Gasteiger partial charge on any atom is 0.308 e. The highest BCUT2D eigenvalue weighted by Crippen LogP contribution is 2.15. The molecule has 2 aromatic rings. The highest BCUT2D eigenvalue weighted by molar-refractivity contribution is 5.71. The molecule has 0 saturated heterocycles. The lowest BCUT2D eigenvalue weighted by molar-refractivity contribution is -0.148. The Bertz CT molecular complexity index is 559. The van der Waals surface area contributed by atoms with Crippen molar-refractivity contribution < 1.29 is 14.3 Å². The highest BCUT2D eigenvalue weighted by atomic mass is 16.5. The van der Waals surface area contributed by atoms with E-state index in [1.807, 2.05) is 68.4 Å². The summed E-state index contributed by atoms with van der Waals surface area (Å²) in [6.45, 7) is 4.49. The van der Waals surface area contributed by atoms with Gasteiger partial charge in [0.2, 0.25) is 0 Å². The van der Waals surface area contributed by atoms with Crippen LogP contribution in [-0.4, -0.2) is 5.97 Å². The minimum Gasteiger partial charge on any atom is -0.489 e. The van der Waals surface area contributed by atoms with Crippen molar-refractivity contribution >= 4 is 5.97 Å². The lowest BCUT2D eigenvalue weighted by atomic mass is 10.2. The molecule has 0 aliphatic heterocycles. The Hall–Kier alpha value is -2.29. The molecule has 0 spiro atoms. The standard InChI is InChI=1S/C18H20O3/c1-14(2)18(19)21-13-16-8-10-17(11-9-16)20-12-15-6-4-3-5-7-15/h3-11,14H,12-13H2,1-2H3. The van der Waals surface area contributed by atoms with Crippen LogP contribution >= 0.6 is 0 Å². The Morgan fingerprint density at radius 2 is 1.52 bits per heavy atom. The van der Waals surface area contributed by atoms with Crippen LogP contribution in [0.25, 0.3) is 0 Å². The lowest BCUT2D eigenvalue weighted by Gasteiger charge is -2.09. The van der Waals surface area contributed by atoms with Gasteiger partial charge in [0.1, 0.15) is 19.0 Å². The second kappa shape index (κ2) is 7.48. The van der Waals surface area contributed by atoms with Crippen LogP contribution in [0.5, 0.6) is 5.75 Å². The van der Waals surface area contributed by atoms with E-state index in [-0.39, 0.29) is 11.9 Å². The van der Waals surface area contributed by atoms with Gasteiger partial charge in [-0.05, 0) is 23.3 Å². The summed E-state index contributed by atoms with van der Waals surface area (Å²) >= 11 is 0. The van der Waals surface area contributed by atoms with E-state index in [4.69, 9.17) is 9.47 Å². The largest absolute Gasteiger partial charge is 0.489 e. The van der Waals surface area contributed by atoms with Gasteiger partial charge in [0.05, 0.1) is 5.92 Å². The van der Waals surface area contributed by atoms with Gasteiger partial charge in [-0.25, -0.2) is 0 Å². The fraction of sp³-hybridized carbons (Fsp3) is 0.278. The smallest absolute Gasteiger partial charge is 0.308 e. The van der Waals surface area contributed by atoms with Crippen molar-refractivity contribution in [3.63, 3.8) is 0 Å². The minimum absolute atomic E-state index is 0.0986. The molecule has 3 nitrogen and oxygen atoms in total. The summed E-state index contributed by atoms with van der Waals surface area (Å²) in [5, 5.41) is 0. The maximum absolute atomic E-state index is 11.4. The summed E-state index contributed by atoms with van der Waals surface area (Å²) in [6, 6.07) is 17.6. The van der Waals surface area contributed by atoms with Crippen molar-refractivity contribution in [1.82, 2.24) is 0 Å². The van der Waals surface area contributed by atoms with E-state index in [0.29, 0.717) is 13.2 Å². The molecule has 0 atom stereocenters. The van der Waals surface area contributed by atoms with E-state index < -0.39 is 0 Å². The molecular formula is C18H20O3. The number of esters is 1. The molecular weight excluding hydrogens is 264 g/mol. The second-order valence-corrected chi connectivity index (χ2v) is 5.18. The summed E-state index contributed by atoms with van der Waals surface area (Å²) in [5.74, 6) is 0.524. The van der Waals surface area contributed by atoms with Crippen molar-refractivity contribution in [2.45, 2.75) is 27.1 Å². The third-order valence-corrected chi connectivity index (χ3v) is 3.02. The normalized spacial score (nSPS) is 10.4. The van der Waals surface area contributed by atoms with Crippen LogP contribution in [0.1, 0.15) is 25.0 Å². The zero-order valence-corrected chi connectivity index (χ0v) is 12.4. The first kappa shape index (κ1) is 15.1. The van der Waals surface area contributed by atoms with E-state index in [0.717, 1.165) is 16.9 Å². The quantitative estimate of drug-likeness (QED) is 0.753. The molecule has 0 amide bonds. The number of rotatable bonds is 6. The van der Waals surface area contributed by atoms with Gasteiger partial charge in [0, 0.05) is 0 Å². The predicted octanol–water partition coefficient (Wildman–Crippen LogP) is 3.96. The number of hydrogen-bond acceptors (Lipinski definition) is 3. The van der Waals surface area contributed by atoms with E-state index in [1.54, 1.807) is 0 Å². The molecule has 0 N–H and O–H groups in total. The number of hydrogen-bond donors (Lipinski definition) is 0. The van der Waals surface area contributed by atoms with Crippen molar-refractivity contribution in [3.8, 4) is 5.75 Å². The SMILES string of the molecule is CC(C)C(=O)OCc1ccc(OCc2ccccc2)cc1. The van der Waals surface area contributed by atoms with Gasteiger partial charge in [-0.2, -0.15) is 0 Å². The summed E-state index contributed by atoms with van der Waals surface area (Å²) in [5.41, 5.74) is 2.09. The lowest BCUT2D eigenvalue weighted by Crippen LogP contribution is -2.11. The summed E-state index contributed by atoms with van der Waals surface area (Å²) in [6.07, 6.45) is 0. The Kier molecular flexibility index (Phi) is 5.38. The molecule has 2 aromatic carbocycles. The van der Waals surface area contributed by atoms with Gasteiger partial charge in [-0.1, -0.05) is 56.3 Å². The first-order valence-corrected chi connectivity index (χ1v) is 7.07. The number of carbonyl (C=O) groups is 1. The van der Waals surface area contributed by atoms with Gasteiger partial charge in [-0.3, -0.25) is 4.79 Å². The molecule has 0 heterocycles. The van der Waals surface area contributed by atoms with Crippen LogP contribution in [-0.2, 0) is 22.7 Å². The van der Waals surface area contributed by atoms with Crippen LogP contribution in [0.4, 0.5) is 0 Å². The summed E-state index contributed by atoms with van der Waals surface area (Å²) < 4.78 is 10.9. The van der Waals surface area contributed by atoms with Gasteiger partial charge < -0.3 is 9.47 Å². The van der Waals surface area contributed by atoms with Gasteiger partial charge in [-0.15, -0.1) is 0 Å². The summed E-state index contributed by atoms with van der Waals surface area (Å²) in [4.78, 5) is 11.4. The van der Waals surface area contributed by atoms with Crippen LogP contribution in [0.15, 0.2) is 54.6 Å². The van der Waals surface area contributed by atoms with Gasteiger partial charge in [0.15, 0.2) is 0 Å². The van der Waals surface area contributed by atoms with Gasteiger partial charge >= 0.3 is 5.97 Å². The van der Waals surface area contributed by atoms with Crippen molar-refractivity contribution in [1.29, 1.82) is 0 Å². The van der Waals surface area contributed by atoms with Crippen molar-refractivity contribution in [2.24, 2.45) is 5.92 Å². The molecule has 0 bridgehead atoms. The Balaban J connectivity index is 1.83.